The number of nitrogens with zero attached hydrogens (tertiary/aromatic N) is 1. The fraction of sp³-hybridized carbons (Fsp3) is 0.281. The zero-order valence-corrected chi connectivity index (χ0v) is 23.6. The molecule has 2 aliphatic rings. The summed E-state index contributed by atoms with van der Waals surface area (Å²) in [5.41, 5.74) is 0.140. The minimum Gasteiger partial charge on any atom is -0.389 e. The number of aliphatic hydroxyl groups is 1. The van der Waals surface area contributed by atoms with E-state index in [9.17, 15) is 31.5 Å². The average molecular weight is 597 g/mol. The number of alkyl halides is 3. The van der Waals surface area contributed by atoms with Crippen LogP contribution in [0.2, 0.25) is 0 Å². The molecule has 0 unspecified atom stereocenters. The highest BCUT2D eigenvalue weighted by Crippen LogP contribution is 2.36. The van der Waals surface area contributed by atoms with E-state index in [0.29, 0.717) is 17.7 Å². The van der Waals surface area contributed by atoms with Gasteiger partial charge in [-0.25, -0.2) is 8.42 Å². The number of carbonyl (C=O) groups excluding carboxylic acids is 1. The molecular weight excluding hydrogens is 565 g/mol. The standard InChI is InChI=1S/C32H31F3N2O4S/c33-32(34,35)28-12-6-5-9-25(28)22-31(39)18-20-37(21-19-31)30(38)24-14-16-26(17-15-24)36-42(40,41)29-13-7-10-23-8-3-1-2-4-11-27(23)29/h1-3,5-10,12-17,36,39H,4,11,18-22H2. The summed E-state index contributed by atoms with van der Waals surface area (Å²) < 4.78 is 69.4. The first-order valence-electron chi connectivity index (χ1n) is 13.7. The Morgan fingerprint density at radius 3 is 2.38 bits per heavy atom. The van der Waals surface area contributed by atoms with E-state index < -0.39 is 27.4 Å². The van der Waals surface area contributed by atoms with Crippen molar-refractivity contribution in [2.45, 2.75) is 48.8 Å². The zero-order valence-electron chi connectivity index (χ0n) is 22.8. The van der Waals surface area contributed by atoms with Gasteiger partial charge >= 0.3 is 6.18 Å². The number of halogens is 3. The first-order chi connectivity index (χ1) is 20.0. The summed E-state index contributed by atoms with van der Waals surface area (Å²) in [6.07, 6.45) is 4.59. The highest BCUT2D eigenvalue weighted by atomic mass is 32.2. The van der Waals surface area contributed by atoms with E-state index in [0.717, 1.165) is 23.6 Å². The van der Waals surface area contributed by atoms with E-state index in [1.54, 1.807) is 17.0 Å². The van der Waals surface area contributed by atoms with Crippen LogP contribution >= 0.6 is 0 Å². The van der Waals surface area contributed by atoms with Crippen molar-refractivity contribution < 1.29 is 31.5 Å². The van der Waals surface area contributed by atoms with Crippen LogP contribution in [-0.4, -0.2) is 43.0 Å². The van der Waals surface area contributed by atoms with Gasteiger partial charge in [0, 0.05) is 30.8 Å². The van der Waals surface area contributed by atoms with Gasteiger partial charge in [0.25, 0.3) is 15.9 Å². The van der Waals surface area contributed by atoms with Gasteiger partial charge in [-0.3, -0.25) is 9.52 Å². The average Bonchev–Trinajstić information content (AvgIpc) is 2.93. The van der Waals surface area contributed by atoms with Gasteiger partial charge in [-0.2, -0.15) is 13.2 Å². The highest BCUT2D eigenvalue weighted by Gasteiger charge is 2.38. The predicted molar refractivity (Wildman–Crippen MR) is 155 cm³/mol. The lowest BCUT2D eigenvalue weighted by Crippen LogP contribution is -2.48. The fourth-order valence-electron chi connectivity index (χ4n) is 5.50. The van der Waals surface area contributed by atoms with Gasteiger partial charge in [-0.15, -0.1) is 0 Å². The van der Waals surface area contributed by atoms with Gasteiger partial charge in [0.2, 0.25) is 0 Å². The maximum Gasteiger partial charge on any atom is 0.416 e. The Labute approximate surface area is 243 Å². The topological polar surface area (TPSA) is 86.7 Å². The van der Waals surface area contributed by atoms with Gasteiger partial charge in [0.15, 0.2) is 0 Å². The Kier molecular flexibility index (Phi) is 8.30. The molecule has 1 aliphatic heterocycles. The third-order valence-corrected chi connectivity index (χ3v) is 9.22. The van der Waals surface area contributed by atoms with Crippen LogP contribution in [0.25, 0.3) is 6.08 Å². The number of nitrogens with one attached hydrogen (secondary N) is 1. The number of likely N-dealkylation sites (tertiary alicyclic amines) is 1. The number of allylic oxidation sites excluding steroid dienone is 3. The number of anilines is 1. The van der Waals surface area contributed by atoms with Crippen molar-refractivity contribution in [2.75, 3.05) is 17.8 Å². The molecule has 220 valence electrons. The van der Waals surface area contributed by atoms with Crippen molar-refractivity contribution in [2.24, 2.45) is 0 Å². The molecule has 1 amide bonds. The Morgan fingerprint density at radius 2 is 1.67 bits per heavy atom. The molecule has 42 heavy (non-hydrogen) atoms. The van der Waals surface area contributed by atoms with Crippen molar-refractivity contribution >= 4 is 27.7 Å². The van der Waals surface area contributed by atoms with Gasteiger partial charge in [0.05, 0.1) is 16.1 Å². The number of piperidine rings is 1. The number of amides is 1. The number of fused-ring (bicyclic) bond motifs is 1. The summed E-state index contributed by atoms with van der Waals surface area (Å²) in [5.74, 6) is -0.300. The van der Waals surface area contributed by atoms with E-state index in [2.05, 4.69) is 4.72 Å². The number of rotatable bonds is 6. The van der Waals surface area contributed by atoms with Crippen molar-refractivity contribution in [1.29, 1.82) is 0 Å². The molecule has 3 aromatic carbocycles. The Balaban J connectivity index is 1.23. The number of benzene rings is 3. The number of carbonyl (C=O) groups is 1. The third kappa shape index (κ3) is 6.60. The van der Waals surface area contributed by atoms with E-state index in [4.69, 9.17) is 0 Å². The van der Waals surface area contributed by atoms with Gasteiger partial charge in [0.1, 0.15) is 0 Å². The quantitative estimate of drug-likeness (QED) is 0.353. The van der Waals surface area contributed by atoms with Crippen LogP contribution in [0.15, 0.2) is 89.9 Å². The largest absolute Gasteiger partial charge is 0.416 e. The fourth-order valence-corrected chi connectivity index (χ4v) is 6.86. The van der Waals surface area contributed by atoms with Gasteiger partial charge in [-0.05, 0) is 78.8 Å². The molecule has 1 fully saturated rings. The summed E-state index contributed by atoms with van der Waals surface area (Å²) in [4.78, 5) is 14.9. The summed E-state index contributed by atoms with van der Waals surface area (Å²) in [6, 6.07) is 16.5. The van der Waals surface area contributed by atoms with Crippen molar-refractivity contribution in [3.8, 4) is 0 Å². The van der Waals surface area contributed by atoms with Crippen LogP contribution in [-0.2, 0) is 29.0 Å². The SMILES string of the molecule is O=C(c1ccc(NS(=O)(=O)c2cccc3c2CCC=CC=C3)cc1)N1CCC(O)(Cc2ccccc2C(F)(F)F)CC1. The molecule has 0 bridgehead atoms. The second-order valence-corrected chi connectivity index (χ2v) is 12.3. The molecular formula is C32H31F3N2O4S. The second kappa shape index (κ2) is 11.8. The maximum absolute atomic E-state index is 13.4. The smallest absolute Gasteiger partial charge is 0.389 e. The van der Waals surface area contributed by atoms with Crippen molar-refractivity contribution in [3.05, 3.63) is 113 Å². The Morgan fingerprint density at radius 1 is 0.952 bits per heavy atom. The summed E-state index contributed by atoms with van der Waals surface area (Å²) in [5, 5.41) is 11.0. The Hall–Kier alpha value is -3.89. The molecule has 6 nitrogen and oxygen atoms in total. The summed E-state index contributed by atoms with van der Waals surface area (Å²) >= 11 is 0. The normalized spacial score (nSPS) is 16.8. The molecule has 10 heteroatoms. The molecule has 0 aromatic heterocycles. The van der Waals surface area contributed by atoms with Crippen LogP contribution < -0.4 is 4.72 Å². The molecule has 0 radical (unpaired) electrons. The lowest BCUT2D eigenvalue weighted by molar-refractivity contribution is -0.138. The first-order valence-corrected chi connectivity index (χ1v) is 15.2. The number of hydrogen-bond donors (Lipinski definition) is 2. The molecule has 1 saturated heterocycles. The molecule has 0 atom stereocenters. The van der Waals surface area contributed by atoms with E-state index >= 15 is 0 Å². The molecule has 3 aromatic rings. The summed E-state index contributed by atoms with van der Waals surface area (Å²) in [7, 11) is -3.89. The number of sulfonamides is 1. The van der Waals surface area contributed by atoms with E-state index in [1.165, 1.54) is 42.5 Å². The second-order valence-electron chi connectivity index (χ2n) is 10.7. The van der Waals surface area contributed by atoms with Crippen LogP contribution in [0.1, 0.15) is 51.9 Å². The molecule has 0 saturated carbocycles. The zero-order chi connectivity index (χ0) is 30.0. The van der Waals surface area contributed by atoms with Crippen LogP contribution in [0.3, 0.4) is 0 Å². The van der Waals surface area contributed by atoms with Gasteiger partial charge < -0.3 is 10.0 Å². The highest BCUT2D eigenvalue weighted by molar-refractivity contribution is 7.92. The monoisotopic (exact) mass is 596 g/mol. The van der Waals surface area contributed by atoms with Crippen molar-refractivity contribution in [3.63, 3.8) is 0 Å². The molecule has 1 aliphatic carbocycles. The maximum atomic E-state index is 13.4. The lowest BCUT2D eigenvalue weighted by Gasteiger charge is -2.38. The lowest BCUT2D eigenvalue weighted by atomic mass is 9.83. The predicted octanol–water partition coefficient (Wildman–Crippen LogP) is 6.23. The van der Waals surface area contributed by atoms with Gasteiger partial charge in [-0.1, -0.05) is 54.6 Å². The summed E-state index contributed by atoms with van der Waals surface area (Å²) in [6.45, 7) is 0.362. The van der Waals surface area contributed by atoms with Crippen molar-refractivity contribution in [1.82, 2.24) is 4.90 Å². The molecule has 2 N–H and O–H groups in total. The van der Waals surface area contributed by atoms with Crippen LogP contribution in [0.5, 0.6) is 0 Å². The Bertz CT molecular complexity index is 1620. The molecule has 5 rings (SSSR count). The number of hydrogen-bond acceptors (Lipinski definition) is 4. The third-order valence-electron chi connectivity index (χ3n) is 7.75. The first kappa shape index (κ1) is 29.6. The van der Waals surface area contributed by atoms with Crippen LogP contribution in [0.4, 0.5) is 18.9 Å². The van der Waals surface area contributed by atoms with Crippen LogP contribution in [0, 0.1) is 0 Å². The molecule has 0 spiro atoms. The minimum absolute atomic E-state index is 0.0284. The van der Waals surface area contributed by atoms with E-state index in [-0.39, 0.29) is 48.7 Å². The van der Waals surface area contributed by atoms with E-state index in [1.807, 2.05) is 30.4 Å². The molecule has 1 heterocycles. The minimum atomic E-state index is -4.52.